The molecule has 0 aliphatic heterocycles. The number of benzene rings is 2. The molecular formula is C20H19N3O3S. The van der Waals surface area contributed by atoms with Crippen molar-refractivity contribution in [3.05, 3.63) is 86.5 Å². The molecule has 0 aliphatic rings. The van der Waals surface area contributed by atoms with Gasteiger partial charge < -0.3 is 10.6 Å². The molecule has 138 valence electrons. The predicted molar refractivity (Wildman–Crippen MR) is 106 cm³/mol. The van der Waals surface area contributed by atoms with Crippen LogP contribution in [0.15, 0.2) is 64.8 Å². The Hall–Kier alpha value is -3.19. The van der Waals surface area contributed by atoms with Crippen molar-refractivity contribution < 1.29 is 9.59 Å². The maximum atomic E-state index is 12.5. The number of carbonyl (C=O) groups is 2. The molecule has 0 aliphatic carbocycles. The van der Waals surface area contributed by atoms with Gasteiger partial charge in [-0.25, -0.2) is 0 Å². The van der Waals surface area contributed by atoms with Gasteiger partial charge in [0.2, 0.25) is 5.91 Å². The molecule has 3 aromatic rings. The van der Waals surface area contributed by atoms with Crippen LogP contribution in [0.3, 0.4) is 0 Å². The third-order valence-electron chi connectivity index (χ3n) is 4.02. The molecule has 0 spiro atoms. The molecule has 1 heterocycles. The Balaban J connectivity index is 1.69. The Bertz CT molecular complexity index is 1010. The summed E-state index contributed by atoms with van der Waals surface area (Å²) in [4.78, 5) is 36.4. The fourth-order valence-electron chi connectivity index (χ4n) is 2.59. The Labute approximate surface area is 160 Å². The highest BCUT2D eigenvalue weighted by Crippen LogP contribution is 2.15. The molecule has 3 rings (SSSR count). The summed E-state index contributed by atoms with van der Waals surface area (Å²) < 4.78 is 1.40. The molecular weight excluding hydrogens is 362 g/mol. The summed E-state index contributed by atoms with van der Waals surface area (Å²) in [7, 11) is 0. The van der Waals surface area contributed by atoms with E-state index >= 15 is 0 Å². The molecule has 0 fully saturated rings. The van der Waals surface area contributed by atoms with Crippen molar-refractivity contribution in [2.24, 2.45) is 0 Å². The number of para-hydroxylation sites is 1. The number of aryl methyl sites for hydroxylation is 1. The fraction of sp³-hybridized carbons (Fsp3) is 0.150. The second-order valence-electron chi connectivity index (χ2n) is 5.99. The minimum Gasteiger partial charge on any atom is -0.348 e. The van der Waals surface area contributed by atoms with Crippen LogP contribution in [0.2, 0.25) is 0 Å². The SMILES string of the molecule is Cc1csc(=O)n1CC(=O)Nc1ccccc1C(=O)NCc1ccccc1. The van der Waals surface area contributed by atoms with Crippen molar-refractivity contribution in [2.45, 2.75) is 20.0 Å². The van der Waals surface area contributed by atoms with Crippen LogP contribution >= 0.6 is 11.3 Å². The summed E-state index contributed by atoms with van der Waals surface area (Å²) in [5.41, 5.74) is 2.50. The van der Waals surface area contributed by atoms with Crippen molar-refractivity contribution in [1.29, 1.82) is 0 Å². The van der Waals surface area contributed by atoms with E-state index in [1.54, 1.807) is 36.6 Å². The maximum absolute atomic E-state index is 12.5. The van der Waals surface area contributed by atoms with E-state index in [-0.39, 0.29) is 23.2 Å². The second-order valence-corrected chi connectivity index (χ2v) is 6.81. The van der Waals surface area contributed by atoms with E-state index in [9.17, 15) is 14.4 Å². The normalized spacial score (nSPS) is 10.4. The van der Waals surface area contributed by atoms with E-state index in [4.69, 9.17) is 0 Å². The van der Waals surface area contributed by atoms with Crippen LogP contribution < -0.4 is 15.5 Å². The molecule has 0 unspecified atom stereocenters. The Kier molecular flexibility index (Phi) is 5.83. The lowest BCUT2D eigenvalue weighted by Crippen LogP contribution is -2.27. The van der Waals surface area contributed by atoms with Crippen molar-refractivity contribution in [3.8, 4) is 0 Å². The van der Waals surface area contributed by atoms with Gasteiger partial charge in [-0.1, -0.05) is 53.8 Å². The van der Waals surface area contributed by atoms with Gasteiger partial charge in [0.05, 0.1) is 11.3 Å². The van der Waals surface area contributed by atoms with Crippen LogP contribution in [0.5, 0.6) is 0 Å². The smallest absolute Gasteiger partial charge is 0.307 e. The van der Waals surface area contributed by atoms with Gasteiger partial charge in [0.15, 0.2) is 0 Å². The molecule has 0 saturated carbocycles. The molecule has 1 aromatic heterocycles. The Morgan fingerprint density at radius 1 is 1.04 bits per heavy atom. The number of hydrogen-bond acceptors (Lipinski definition) is 4. The van der Waals surface area contributed by atoms with Crippen LogP contribution in [-0.4, -0.2) is 16.4 Å². The van der Waals surface area contributed by atoms with E-state index in [0.717, 1.165) is 22.6 Å². The van der Waals surface area contributed by atoms with Gasteiger partial charge in [-0.3, -0.25) is 19.0 Å². The number of nitrogens with one attached hydrogen (secondary N) is 2. The van der Waals surface area contributed by atoms with Gasteiger partial charge in [-0.15, -0.1) is 0 Å². The number of thiazole rings is 1. The minimum atomic E-state index is -0.359. The van der Waals surface area contributed by atoms with E-state index in [1.807, 2.05) is 30.3 Å². The number of nitrogens with zero attached hydrogens (tertiary/aromatic N) is 1. The number of anilines is 1. The summed E-state index contributed by atoms with van der Waals surface area (Å²) in [5, 5.41) is 7.29. The zero-order valence-corrected chi connectivity index (χ0v) is 15.6. The molecule has 0 bridgehead atoms. The highest BCUT2D eigenvalue weighted by Gasteiger charge is 2.14. The molecule has 0 saturated heterocycles. The van der Waals surface area contributed by atoms with Crippen molar-refractivity contribution in [3.63, 3.8) is 0 Å². The van der Waals surface area contributed by atoms with E-state index in [1.165, 1.54) is 4.57 Å². The van der Waals surface area contributed by atoms with Gasteiger partial charge in [0.25, 0.3) is 5.91 Å². The van der Waals surface area contributed by atoms with Crippen LogP contribution in [0, 0.1) is 6.92 Å². The second kappa shape index (κ2) is 8.46. The first-order chi connectivity index (χ1) is 13.0. The Morgan fingerprint density at radius 2 is 1.74 bits per heavy atom. The van der Waals surface area contributed by atoms with Crippen LogP contribution in [0.25, 0.3) is 0 Å². The third kappa shape index (κ3) is 4.71. The lowest BCUT2D eigenvalue weighted by molar-refractivity contribution is -0.116. The summed E-state index contributed by atoms with van der Waals surface area (Å²) in [6.07, 6.45) is 0. The standard InChI is InChI=1S/C20H19N3O3S/c1-14-13-27-20(26)23(14)12-18(24)22-17-10-6-5-9-16(17)19(25)21-11-15-7-3-2-4-8-15/h2-10,13H,11-12H2,1H3,(H,21,25)(H,22,24). The van der Waals surface area contributed by atoms with Crippen molar-refractivity contribution in [2.75, 3.05) is 5.32 Å². The molecule has 0 radical (unpaired) electrons. The minimum absolute atomic E-state index is 0.0892. The molecule has 7 heteroatoms. The quantitative estimate of drug-likeness (QED) is 0.689. The van der Waals surface area contributed by atoms with Crippen molar-refractivity contribution >= 4 is 28.8 Å². The molecule has 27 heavy (non-hydrogen) atoms. The first-order valence-electron chi connectivity index (χ1n) is 8.40. The lowest BCUT2D eigenvalue weighted by Gasteiger charge is -2.12. The number of aromatic nitrogens is 1. The average Bonchev–Trinajstić information content (AvgIpc) is 2.99. The Morgan fingerprint density at radius 3 is 2.44 bits per heavy atom. The summed E-state index contributed by atoms with van der Waals surface area (Å²) in [5.74, 6) is -0.638. The average molecular weight is 381 g/mol. The van der Waals surface area contributed by atoms with Gasteiger partial charge in [0, 0.05) is 17.6 Å². The molecule has 2 N–H and O–H groups in total. The van der Waals surface area contributed by atoms with Gasteiger partial charge in [0.1, 0.15) is 6.54 Å². The highest BCUT2D eigenvalue weighted by molar-refractivity contribution is 7.07. The predicted octanol–water partition coefficient (Wildman–Crippen LogP) is 2.79. The van der Waals surface area contributed by atoms with Crippen molar-refractivity contribution in [1.82, 2.24) is 9.88 Å². The van der Waals surface area contributed by atoms with Crippen LogP contribution in [0.4, 0.5) is 5.69 Å². The number of carbonyl (C=O) groups excluding carboxylic acids is 2. The van der Waals surface area contributed by atoms with Gasteiger partial charge in [-0.05, 0) is 24.6 Å². The first-order valence-corrected chi connectivity index (χ1v) is 9.28. The highest BCUT2D eigenvalue weighted by atomic mass is 32.1. The fourth-order valence-corrected chi connectivity index (χ4v) is 3.33. The summed E-state index contributed by atoms with van der Waals surface area (Å²) in [6.45, 7) is 2.08. The van der Waals surface area contributed by atoms with Crippen LogP contribution in [0.1, 0.15) is 21.6 Å². The largest absolute Gasteiger partial charge is 0.348 e. The molecule has 2 amide bonds. The first kappa shape index (κ1) is 18.6. The number of amides is 2. The maximum Gasteiger partial charge on any atom is 0.307 e. The van der Waals surface area contributed by atoms with E-state index in [2.05, 4.69) is 10.6 Å². The van der Waals surface area contributed by atoms with Crippen LogP contribution in [-0.2, 0) is 17.9 Å². The topological polar surface area (TPSA) is 80.2 Å². The molecule has 6 nitrogen and oxygen atoms in total. The molecule has 2 aromatic carbocycles. The zero-order chi connectivity index (χ0) is 19.2. The van der Waals surface area contributed by atoms with E-state index < -0.39 is 0 Å². The monoisotopic (exact) mass is 381 g/mol. The van der Waals surface area contributed by atoms with Gasteiger partial charge in [-0.2, -0.15) is 0 Å². The van der Waals surface area contributed by atoms with Gasteiger partial charge >= 0.3 is 4.87 Å². The summed E-state index contributed by atoms with van der Waals surface area (Å²) in [6, 6.07) is 16.4. The van der Waals surface area contributed by atoms with E-state index in [0.29, 0.717) is 17.8 Å². The summed E-state index contributed by atoms with van der Waals surface area (Å²) >= 11 is 1.06. The lowest BCUT2D eigenvalue weighted by atomic mass is 10.1. The number of rotatable bonds is 6. The third-order valence-corrected chi connectivity index (χ3v) is 4.90. The number of hydrogen-bond donors (Lipinski definition) is 2. The molecule has 0 atom stereocenters. The zero-order valence-electron chi connectivity index (χ0n) is 14.8.